The van der Waals surface area contributed by atoms with Crippen molar-refractivity contribution in [3.05, 3.63) is 95.6 Å². The second kappa shape index (κ2) is 10.1. The average Bonchev–Trinajstić information content (AvgIpc) is 2.78. The van der Waals surface area contributed by atoms with Gasteiger partial charge in [-0.1, -0.05) is 54.6 Å². The summed E-state index contributed by atoms with van der Waals surface area (Å²) in [5, 5.41) is 4.12. The SMILES string of the molecule is COc1ccc(CC(C(=O)N/N=C/c2ccccc2)c2ccc(OC)cc2)cc1. The van der Waals surface area contributed by atoms with Crippen molar-refractivity contribution in [1.29, 1.82) is 0 Å². The van der Waals surface area contributed by atoms with Gasteiger partial charge in [-0.2, -0.15) is 5.10 Å². The van der Waals surface area contributed by atoms with Crippen molar-refractivity contribution >= 4 is 12.1 Å². The molecule has 148 valence electrons. The molecule has 0 heterocycles. The number of hydrazone groups is 1. The molecule has 3 aromatic rings. The molecule has 5 nitrogen and oxygen atoms in total. The van der Waals surface area contributed by atoms with Crippen LogP contribution in [0.5, 0.6) is 11.5 Å². The number of methoxy groups -OCH3 is 2. The molecular formula is C24H24N2O3. The number of nitrogens with one attached hydrogen (secondary N) is 1. The summed E-state index contributed by atoms with van der Waals surface area (Å²) in [7, 11) is 3.25. The molecule has 29 heavy (non-hydrogen) atoms. The molecule has 0 aliphatic heterocycles. The number of nitrogens with zero attached hydrogens (tertiary/aromatic N) is 1. The molecule has 0 spiro atoms. The Hall–Kier alpha value is -3.60. The molecule has 0 aliphatic rings. The Morgan fingerprint density at radius 2 is 1.48 bits per heavy atom. The highest BCUT2D eigenvalue weighted by atomic mass is 16.5. The highest BCUT2D eigenvalue weighted by molar-refractivity contribution is 5.86. The van der Waals surface area contributed by atoms with Crippen molar-refractivity contribution in [2.45, 2.75) is 12.3 Å². The van der Waals surface area contributed by atoms with E-state index in [4.69, 9.17) is 9.47 Å². The van der Waals surface area contributed by atoms with E-state index in [9.17, 15) is 4.79 Å². The van der Waals surface area contributed by atoms with Crippen LogP contribution in [0.15, 0.2) is 84.0 Å². The maximum absolute atomic E-state index is 12.9. The maximum atomic E-state index is 12.9. The van der Waals surface area contributed by atoms with Gasteiger partial charge in [0.25, 0.3) is 0 Å². The van der Waals surface area contributed by atoms with Crippen molar-refractivity contribution < 1.29 is 14.3 Å². The molecule has 1 unspecified atom stereocenters. The third kappa shape index (κ3) is 5.69. The topological polar surface area (TPSA) is 59.9 Å². The van der Waals surface area contributed by atoms with E-state index >= 15 is 0 Å². The second-order valence-corrected chi connectivity index (χ2v) is 6.52. The van der Waals surface area contributed by atoms with E-state index in [1.54, 1.807) is 20.4 Å². The zero-order valence-corrected chi connectivity index (χ0v) is 16.5. The van der Waals surface area contributed by atoms with Gasteiger partial charge in [0.15, 0.2) is 0 Å². The maximum Gasteiger partial charge on any atom is 0.247 e. The standard InChI is InChI=1S/C24H24N2O3/c1-28-21-12-8-18(9-13-21)16-23(20-10-14-22(29-2)15-11-20)24(27)26-25-17-19-6-4-3-5-7-19/h3-15,17,23H,16H2,1-2H3,(H,26,27)/b25-17+. The van der Waals surface area contributed by atoms with Crippen molar-refractivity contribution in [2.24, 2.45) is 5.10 Å². The normalized spacial score (nSPS) is 11.8. The lowest BCUT2D eigenvalue weighted by Gasteiger charge is -2.16. The number of benzene rings is 3. The van der Waals surface area contributed by atoms with Crippen LogP contribution in [0.2, 0.25) is 0 Å². The van der Waals surface area contributed by atoms with E-state index in [1.165, 1.54) is 0 Å². The Labute approximate surface area is 171 Å². The van der Waals surface area contributed by atoms with Gasteiger partial charge in [-0.15, -0.1) is 0 Å². The Morgan fingerprint density at radius 1 is 0.897 bits per heavy atom. The van der Waals surface area contributed by atoms with E-state index < -0.39 is 0 Å². The summed E-state index contributed by atoms with van der Waals surface area (Å²) >= 11 is 0. The zero-order chi connectivity index (χ0) is 20.5. The van der Waals surface area contributed by atoms with E-state index in [0.29, 0.717) is 6.42 Å². The van der Waals surface area contributed by atoms with Gasteiger partial charge in [-0.25, -0.2) is 5.43 Å². The van der Waals surface area contributed by atoms with Crippen LogP contribution in [-0.4, -0.2) is 26.3 Å². The first-order valence-corrected chi connectivity index (χ1v) is 9.34. The molecule has 0 radical (unpaired) electrons. The largest absolute Gasteiger partial charge is 0.497 e. The summed E-state index contributed by atoms with van der Waals surface area (Å²) in [6.07, 6.45) is 2.18. The number of ether oxygens (including phenoxy) is 2. The molecule has 3 aromatic carbocycles. The quantitative estimate of drug-likeness (QED) is 0.465. The number of carbonyl (C=O) groups excluding carboxylic acids is 1. The van der Waals surface area contributed by atoms with Gasteiger partial charge in [0.05, 0.1) is 26.4 Å². The van der Waals surface area contributed by atoms with Gasteiger partial charge in [-0.3, -0.25) is 4.79 Å². The van der Waals surface area contributed by atoms with Gasteiger partial charge in [-0.05, 0) is 47.4 Å². The molecule has 1 N–H and O–H groups in total. The monoisotopic (exact) mass is 388 g/mol. The average molecular weight is 388 g/mol. The first-order chi connectivity index (χ1) is 14.2. The van der Waals surface area contributed by atoms with Crippen LogP contribution < -0.4 is 14.9 Å². The molecule has 3 rings (SSSR count). The summed E-state index contributed by atoms with van der Waals surface area (Å²) in [6.45, 7) is 0. The van der Waals surface area contributed by atoms with Gasteiger partial charge in [0.2, 0.25) is 5.91 Å². The lowest BCUT2D eigenvalue weighted by atomic mass is 9.91. The summed E-state index contributed by atoms with van der Waals surface area (Å²) in [5.74, 6) is 0.978. The Balaban J connectivity index is 1.78. The summed E-state index contributed by atoms with van der Waals surface area (Å²) < 4.78 is 10.4. The smallest absolute Gasteiger partial charge is 0.247 e. The van der Waals surface area contributed by atoms with Crippen molar-refractivity contribution in [2.75, 3.05) is 14.2 Å². The van der Waals surface area contributed by atoms with E-state index in [1.807, 2.05) is 78.9 Å². The summed E-state index contributed by atoms with van der Waals surface area (Å²) in [5.41, 5.74) is 5.53. The van der Waals surface area contributed by atoms with Crippen LogP contribution in [0.25, 0.3) is 0 Å². The van der Waals surface area contributed by atoms with Crippen molar-refractivity contribution in [1.82, 2.24) is 5.43 Å². The molecular weight excluding hydrogens is 364 g/mol. The Kier molecular flexibility index (Phi) is 7.00. The second-order valence-electron chi connectivity index (χ2n) is 6.52. The van der Waals surface area contributed by atoms with Gasteiger partial charge in [0, 0.05) is 0 Å². The molecule has 0 saturated heterocycles. The first kappa shape index (κ1) is 20.1. The third-order valence-electron chi connectivity index (χ3n) is 4.62. The Bertz CT molecular complexity index is 936. The molecule has 1 atom stereocenters. The number of carbonyl (C=O) groups is 1. The number of rotatable bonds is 8. The molecule has 5 heteroatoms. The molecule has 0 fully saturated rings. The van der Waals surface area contributed by atoms with Crippen LogP contribution in [0, 0.1) is 0 Å². The number of amides is 1. The van der Waals surface area contributed by atoms with Crippen LogP contribution in [0.3, 0.4) is 0 Å². The van der Waals surface area contributed by atoms with Crippen LogP contribution in [0.1, 0.15) is 22.6 Å². The molecule has 1 amide bonds. The molecule has 0 aromatic heterocycles. The van der Waals surface area contributed by atoms with Crippen molar-refractivity contribution in [3.63, 3.8) is 0 Å². The van der Waals surface area contributed by atoms with Gasteiger partial charge >= 0.3 is 0 Å². The highest BCUT2D eigenvalue weighted by Gasteiger charge is 2.21. The third-order valence-corrected chi connectivity index (χ3v) is 4.62. The van der Waals surface area contributed by atoms with Crippen LogP contribution in [-0.2, 0) is 11.2 Å². The predicted molar refractivity (Wildman–Crippen MR) is 115 cm³/mol. The lowest BCUT2D eigenvalue weighted by Crippen LogP contribution is -2.27. The van der Waals surface area contributed by atoms with Crippen LogP contribution in [0.4, 0.5) is 0 Å². The fraction of sp³-hybridized carbons (Fsp3) is 0.167. The lowest BCUT2D eigenvalue weighted by molar-refractivity contribution is -0.122. The summed E-state index contributed by atoms with van der Waals surface area (Å²) in [6, 6.07) is 24.9. The van der Waals surface area contributed by atoms with E-state index in [-0.39, 0.29) is 11.8 Å². The van der Waals surface area contributed by atoms with Crippen molar-refractivity contribution in [3.8, 4) is 11.5 Å². The first-order valence-electron chi connectivity index (χ1n) is 9.34. The number of hydrogen-bond donors (Lipinski definition) is 1. The highest BCUT2D eigenvalue weighted by Crippen LogP contribution is 2.25. The minimum atomic E-state index is -0.387. The Morgan fingerprint density at radius 3 is 2.07 bits per heavy atom. The van der Waals surface area contributed by atoms with Gasteiger partial charge in [0.1, 0.15) is 11.5 Å². The zero-order valence-electron chi connectivity index (χ0n) is 16.5. The fourth-order valence-electron chi connectivity index (χ4n) is 2.98. The minimum absolute atomic E-state index is 0.168. The molecule has 0 saturated carbocycles. The van der Waals surface area contributed by atoms with Crippen LogP contribution >= 0.6 is 0 Å². The fourth-order valence-corrected chi connectivity index (χ4v) is 2.98. The van der Waals surface area contributed by atoms with Gasteiger partial charge < -0.3 is 9.47 Å². The minimum Gasteiger partial charge on any atom is -0.497 e. The van der Waals surface area contributed by atoms with E-state index in [2.05, 4.69) is 10.5 Å². The summed E-state index contributed by atoms with van der Waals surface area (Å²) in [4.78, 5) is 12.9. The molecule has 0 bridgehead atoms. The number of hydrogen-bond acceptors (Lipinski definition) is 4. The predicted octanol–water partition coefficient (Wildman–Crippen LogP) is 4.18. The molecule has 0 aliphatic carbocycles. The van der Waals surface area contributed by atoms with E-state index in [0.717, 1.165) is 28.2 Å².